The SMILES string of the molecule is CC(C)(C)NCc1ncoc1-c1cc2c(s1)CCCC2. The van der Waals surface area contributed by atoms with E-state index in [1.54, 1.807) is 6.39 Å². The molecule has 4 heteroatoms. The van der Waals surface area contributed by atoms with Crippen LogP contribution in [0.2, 0.25) is 0 Å². The van der Waals surface area contributed by atoms with Crippen molar-refractivity contribution in [2.24, 2.45) is 0 Å². The van der Waals surface area contributed by atoms with Gasteiger partial charge < -0.3 is 9.73 Å². The van der Waals surface area contributed by atoms with Crippen molar-refractivity contribution in [2.45, 2.75) is 58.5 Å². The molecule has 0 radical (unpaired) electrons. The van der Waals surface area contributed by atoms with Crippen LogP contribution in [0.15, 0.2) is 16.9 Å². The summed E-state index contributed by atoms with van der Waals surface area (Å²) in [6.45, 7) is 7.24. The van der Waals surface area contributed by atoms with E-state index < -0.39 is 0 Å². The Morgan fingerprint density at radius 2 is 2.10 bits per heavy atom. The summed E-state index contributed by atoms with van der Waals surface area (Å²) < 4.78 is 5.65. The summed E-state index contributed by atoms with van der Waals surface area (Å²) in [5.41, 5.74) is 2.62. The highest BCUT2D eigenvalue weighted by Crippen LogP contribution is 2.37. The monoisotopic (exact) mass is 290 g/mol. The molecule has 0 atom stereocenters. The topological polar surface area (TPSA) is 38.1 Å². The van der Waals surface area contributed by atoms with Crippen LogP contribution in [0.3, 0.4) is 0 Å². The first-order valence-electron chi connectivity index (χ1n) is 7.32. The van der Waals surface area contributed by atoms with Crippen LogP contribution in [0, 0.1) is 0 Å². The van der Waals surface area contributed by atoms with Crippen molar-refractivity contribution in [3.63, 3.8) is 0 Å². The van der Waals surface area contributed by atoms with Gasteiger partial charge in [0.1, 0.15) is 5.69 Å². The maximum absolute atomic E-state index is 5.65. The number of hydrogen-bond acceptors (Lipinski definition) is 4. The fraction of sp³-hybridized carbons (Fsp3) is 0.562. The number of nitrogens with one attached hydrogen (secondary N) is 1. The third-order valence-corrected chi connectivity index (χ3v) is 4.88. The lowest BCUT2D eigenvalue weighted by Gasteiger charge is -2.19. The number of nitrogens with zero attached hydrogens (tertiary/aromatic N) is 1. The molecule has 0 spiro atoms. The predicted molar refractivity (Wildman–Crippen MR) is 83.1 cm³/mol. The average molecular weight is 290 g/mol. The molecule has 2 aromatic rings. The maximum Gasteiger partial charge on any atom is 0.181 e. The number of hydrogen-bond donors (Lipinski definition) is 1. The molecular weight excluding hydrogens is 268 g/mol. The van der Waals surface area contributed by atoms with Gasteiger partial charge in [-0.15, -0.1) is 11.3 Å². The average Bonchev–Trinajstić information content (AvgIpc) is 3.01. The standard InChI is InChI=1S/C16H22N2OS/c1-16(2,3)18-9-12-15(19-10-17-12)14-8-11-6-4-5-7-13(11)20-14/h8,10,18H,4-7,9H2,1-3H3. The first kappa shape index (κ1) is 13.8. The minimum Gasteiger partial charge on any atom is -0.442 e. The number of rotatable bonds is 3. The quantitative estimate of drug-likeness (QED) is 0.922. The molecular formula is C16H22N2OS. The second-order valence-electron chi connectivity index (χ2n) is 6.50. The van der Waals surface area contributed by atoms with Crippen molar-refractivity contribution in [3.8, 4) is 10.6 Å². The van der Waals surface area contributed by atoms with Crippen LogP contribution in [-0.4, -0.2) is 10.5 Å². The number of thiophene rings is 1. The lowest BCUT2D eigenvalue weighted by Crippen LogP contribution is -2.35. The van der Waals surface area contributed by atoms with Crippen LogP contribution in [0.5, 0.6) is 0 Å². The highest BCUT2D eigenvalue weighted by atomic mass is 32.1. The molecule has 108 valence electrons. The number of oxazole rings is 1. The summed E-state index contributed by atoms with van der Waals surface area (Å²) in [6.07, 6.45) is 6.65. The van der Waals surface area contributed by atoms with Gasteiger partial charge in [0, 0.05) is 17.0 Å². The highest BCUT2D eigenvalue weighted by Gasteiger charge is 2.19. The molecule has 1 N–H and O–H groups in total. The number of fused-ring (bicyclic) bond motifs is 1. The van der Waals surface area contributed by atoms with E-state index >= 15 is 0 Å². The fourth-order valence-electron chi connectivity index (χ4n) is 2.55. The summed E-state index contributed by atoms with van der Waals surface area (Å²) in [7, 11) is 0. The van der Waals surface area contributed by atoms with Gasteiger partial charge in [-0.3, -0.25) is 0 Å². The Bertz CT molecular complexity index is 568. The molecule has 3 rings (SSSR count). The maximum atomic E-state index is 5.65. The largest absolute Gasteiger partial charge is 0.442 e. The van der Waals surface area contributed by atoms with E-state index in [1.165, 1.54) is 41.0 Å². The summed E-state index contributed by atoms with van der Waals surface area (Å²) in [4.78, 5) is 7.15. The first-order chi connectivity index (χ1) is 9.53. The Balaban J connectivity index is 1.84. The second-order valence-corrected chi connectivity index (χ2v) is 7.63. The summed E-state index contributed by atoms with van der Waals surface area (Å²) in [5.74, 6) is 0.946. The molecule has 20 heavy (non-hydrogen) atoms. The predicted octanol–water partition coefficient (Wildman–Crippen LogP) is 4.17. The number of aryl methyl sites for hydroxylation is 2. The molecule has 1 aliphatic carbocycles. The number of aromatic nitrogens is 1. The van der Waals surface area contributed by atoms with Crippen LogP contribution in [0.1, 0.15) is 49.7 Å². The summed E-state index contributed by atoms with van der Waals surface area (Å²) in [6, 6.07) is 2.31. The van der Waals surface area contributed by atoms with Crippen LogP contribution in [-0.2, 0) is 19.4 Å². The molecule has 2 heterocycles. The zero-order valence-corrected chi connectivity index (χ0v) is 13.3. The van der Waals surface area contributed by atoms with E-state index in [4.69, 9.17) is 4.42 Å². The van der Waals surface area contributed by atoms with Crippen molar-refractivity contribution in [3.05, 3.63) is 28.6 Å². The molecule has 0 fully saturated rings. The van der Waals surface area contributed by atoms with E-state index in [0.717, 1.165) is 18.0 Å². The van der Waals surface area contributed by atoms with E-state index in [1.807, 2.05) is 11.3 Å². The normalized spacial score (nSPS) is 15.3. The zero-order valence-electron chi connectivity index (χ0n) is 12.5. The molecule has 0 amide bonds. The van der Waals surface area contributed by atoms with Crippen molar-refractivity contribution >= 4 is 11.3 Å². The second kappa shape index (κ2) is 5.34. The highest BCUT2D eigenvalue weighted by molar-refractivity contribution is 7.15. The zero-order chi connectivity index (χ0) is 14.2. The van der Waals surface area contributed by atoms with Gasteiger partial charge in [0.15, 0.2) is 12.2 Å². The van der Waals surface area contributed by atoms with Crippen LogP contribution < -0.4 is 5.32 Å². The lowest BCUT2D eigenvalue weighted by molar-refractivity contribution is 0.421. The van der Waals surface area contributed by atoms with E-state index in [-0.39, 0.29) is 5.54 Å². The Hall–Kier alpha value is -1.13. The molecule has 0 aliphatic heterocycles. The van der Waals surface area contributed by atoms with Gasteiger partial charge in [-0.25, -0.2) is 4.98 Å². The molecule has 3 nitrogen and oxygen atoms in total. The molecule has 0 bridgehead atoms. The van der Waals surface area contributed by atoms with Crippen molar-refractivity contribution in [2.75, 3.05) is 0 Å². The molecule has 0 aromatic carbocycles. The van der Waals surface area contributed by atoms with E-state index in [9.17, 15) is 0 Å². The Morgan fingerprint density at radius 3 is 2.85 bits per heavy atom. The van der Waals surface area contributed by atoms with Gasteiger partial charge in [0.05, 0.1) is 4.88 Å². The first-order valence-corrected chi connectivity index (χ1v) is 8.14. The van der Waals surface area contributed by atoms with E-state index in [2.05, 4.69) is 37.1 Å². The van der Waals surface area contributed by atoms with Gasteiger partial charge in [0.25, 0.3) is 0 Å². The fourth-order valence-corrected chi connectivity index (χ4v) is 3.81. The van der Waals surface area contributed by atoms with Gasteiger partial charge in [-0.1, -0.05) is 0 Å². The van der Waals surface area contributed by atoms with Crippen LogP contribution in [0.25, 0.3) is 10.6 Å². The van der Waals surface area contributed by atoms with Crippen molar-refractivity contribution < 1.29 is 4.42 Å². The minimum atomic E-state index is 0.0882. The molecule has 0 saturated carbocycles. The van der Waals surface area contributed by atoms with Crippen LogP contribution in [0.4, 0.5) is 0 Å². The lowest BCUT2D eigenvalue weighted by atomic mass is 9.99. The van der Waals surface area contributed by atoms with Gasteiger partial charge >= 0.3 is 0 Å². The van der Waals surface area contributed by atoms with Crippen LogP contribution >= 0.6 is 11.3 Å². The van der Waals surface area contributed by atoms with E-state index in [0.29, 0.717) is 0 Å². The minimum absolute atomic E-state index is 0.0882. The Morgan fingerprint density at radius 1 is 1.30 bits per heavy atom. The third kappa shape index (κ3) is 2.96. The third-order valence-electron chi connectivity index (χ3n) is 3.65. The Labute approximate surface area is 124 Å². The van der Waals surface area contributed by atoms with Gasteiger partial charge in [-0.05, 0) is 58.1 Å². The molecule has 1 aliphatic rings. The molecule has 0 unspecified atom stereocenters. The summed E-state index contributed by atoms with van der Waals surface area (Å²) in [5, 5.41) is 3.48. The summed E-state index contributed by atoms with van der Waals surface area (Å²) >= 11 is 1.88. The van der Waals surface area contributed by atoms with Crippen molar-refractivity contribution in [1.29, 1.82) is 0 Å². The molecule has 2 aromatic heterocycles. The smallest absolute Gasteiger partial charge is 0.181 e. The van der Waals surface area contributed by atoms with Gasteiger partial charge in [-0.2, -0.15) is 0 Å². The van der Waals surface area contributed by atoms with Gasteiger partial charge in [0.2, 0.25) is 0 Å². The Kier molecular flexibility index (Phi) is 3.69. The van der Waals surface area contributed by atoms with Crippen molar-refractivity contribution in [1.82, 2.24) is 10.3 Å². The molecule has 0 saturated heterocycles.